The van der Waals surface area contributed by atoms with E-state index < -0.39 is 0 Å². The molecule has 2 aromatic carbocycles. The highest BCUT2D eigenvalue weighted by molar-refractivity contribution is 5.95. The van der Waals surface area contributed by atoms with Gasteiger partial charge in [0.15, 0.2) is 11.5 Å². The monoisotopic (exact) mass is 560 g/mol. The Balaban J connectivity index is 1.22. The Hall–Kier alpha value is -4.49. The minimum Gasteiger partial charge on any atom is -0.496 e. The molecule has 41 heavy (non-hydrogen) atoms. The van der Waals surface area contributed by atoms with Crippen molar-refractivity contribution in [2.75, 3.05) is 33.9 Å². The second kappa shape index (κ2) is 11.9. The number of benzene rings is 2. The smallest absolute Gasteiger partial charge is 0.251 e. The van der Waals surface area contributed by atoms with Gasteiger partial charge in [-0.05, 0) is 35.9 Å². The minimum atomic E-state index is -0.240. The van der Waals surface area contributed by atoms with Crippen LogP contribution in [0.5, 0.6) is 17.2 Å². The third kappa shape index (κ3) is 6.15. The van der Waals surface area contributed by atoms with E-state index in [2.05, 4.69) is 42.7 Å². The Bertz CT molecular complexity index is 1490. The van der Waals surface area contributed by atoms with Crippen LogP contribution in [0.15, 0.2) is 55.2 Å². The van der Waals surface area contributed by atoms with E-state index in [0.29, 0.717) is 56.4 Å². The van der Waals surface area contributed by atoms with E-state index in [1.165, 1.54) is 6.33 Å². The Morgan fingerprint density at radius 2 is 1.95 bits per heavy atom. The number of aromatic nitrogens is 6. The molecule has 1 saturated heterocycles. The van der Waals surface area contributed by atoms with E-state index >= 15 is 0 Å². The highest BCUT2D eigenvalue weighted by atomic mass is 16.5. The average molecular weight is 561 g/mol. The molecule has 2 atom stereocenters. The zero-order valence-electron chi connectivity index (χ0n) is 23.0. The molecule has 13 nitrogen and oxygen atoms in total. The molecule has 1 fully saturated rings. The normalized spacial score (nSPS) is 19.4. The number of likely N-dealkylation sites (tertiary alicyclic amines) is 1. The first-order valence-corrected chi connectivity index (χ1v) is 13.4. The van der Waals surface area contributed by atoms with Crippen molar-refractivity contribution in [2.24, 2.45) is 0 Å². The summed E-state index contributed by atoms with van der Waals surface area (Å²) in [5.41, 5.74) is 3.33. The van der Waals surface area contributed by atoms with Gasteiger partial charge < -0.3 is 24.3 Å². The Morgan fingerprint density at radius 3 is 2.78 bits per heavy atom. The van der Waals surface area contributed by atoms with Crippen molar-refractivity contribution in [1.82, 2.24) is 40.0 Å². The molecule has 214 valence electrons. The maximum absolute atomic E-state index is 13.4. The van der Waals surface area contributed by atoms with Crippen molar-refractivity contribution in [3.05, 3.63) is 77.6 Å². The summed E-state index contributed by atoms with van der Waals surface area (Å²) in [6.45, 7) is 3.61. The lowest BCUT2D eigenvalue weighted by atomic mass is 10.1. The number of nitrogens with zero attached hydrogens (tertiary/aromatic N) is 7. The van der Waals surface area contributed by atoms with Crippen LogP contribution in [0.1, 0.15) is 27.2 Å². The molecule has 2 aromatic heterocycles. The first-order valence-electron chi connectivity index (χ1n) is 13.4. The third-order valence-corrected chi connectivity index (χ3v) is 7.24. The summed E-state index contributed by atoms with van der Waals surface area (Å²) in [6, 6.07) is 11.1. The molecule has 0 spiro atoms. The van der Waals surface area contributed by atoms with Gasteiger partial charge in [-0.1, -0.05) is 11.3 Å². The maximum atomic E-state index is 13.4. The lowest BCUT2D eigenvalue weighted by molar-refractivity contribution is 0.0293. The highest BCUT2D eigenvalue weighted by Gasteiger charge is 2.35. The molecule has 1 N–H and O–H groups in total. The molecule has 2 aliphatic rings. The van der Waals surface area contributed by atoms with Crippen LogP contribution in [0.4, 0.5) is 0 Å². The first kappa shape index (κ1) is 26.7. The van der Waals surface area contributed by atoms with Crippen LogP contribution in [0.2, 0.25) is 0 Å². The van der Waals surface area contributed by atoms with Gasteiger partial charge in [-0.2, -0.15) is 5.10 Å². The predicted molar refractivity (Wildman–Crippen MR) is 146 cm³/mol. The third-order valence-electron chi connectivity index (χ3n) is 7.24. The second-order valence-corrected chi connectivity index (χ2v) is 10.0. The molecule has 0 unspecified atom stereocenters. The molecule has 0 aliphatic carbocycles. The molecule has 13 heteroatoms. The van der Waals surface area contributed by atoms with Gasteiger partial charge >= 0.3 is 0 Å². The topological polar surface area (TPSA) is 131 Å². The van der Waals surface area contributed by atoms with Gasteiger partial charge in [-0.25, -0.2) is 14.3 Å². The first-order chi connectivity index (χ1) is 20.1. The Labute approximate surface area is 237 Å². The van der Waals surface area contributed by atoms with Crippen LogP contribution >= 0.6 is 0 Å². The van der Waals surface area contributed by atoms with Crippen molar-refractivity contribution in [3.63, 3.8) is 0 Å². The van der Waals surface area contributed by atoms with Crippen molar-refractivity contribution in [3.8, 4) is 17.2 Å². The molecule has 0 radical (unpaired) electrons. The van der Waals surface area contributed by atoms with Crippen molar-refractivity contribution < 1.29 is 23.7 Å². The van der Waals surface area contributed by atoms with Gasteiger partial charge in [0.05, 0.1) is 52.3 Å². The summed E-state index contributed by atoms with van der Waals surface area (Å²) in [5, 5.41) is 15.8. The summed E-state index contributed by atoms with van der Waals surface area (Å²) in [5.74, 6) is 1.65. The van der Waals surface area contributed by atoms with Gasteiger partial charge in [0.2, 0.25) is 0 Å². The second-order valence-electron chi connectivity index (χ2n) is 10.0. The molecule has 1 amide bonds. The Kier molecular flexibility index (Phi) is 7.78. The quantitative estimate of drug-likeness (QED) is 0.370. The fraction of sp³-hybridized carbons (Fsp3) is 0.393. The van der Waals surface area contributed by atoms with Crippen LogP contribution in [0.25, 0.3) is 0 Å². The molecule has 2 aliphatic heterocycles. The molecule has 4 bridgehead atoms. The van der Waals surface area contributed by atoms with Crippen LogP contribution in [0.3, 0.4) is 0 Å². The predicted octanol–water partition coefficient (Wildman–Crippen LogP) is 1.53. The summed E-state index contributed by atoms with van der Waals surface area (Å²) < 4.78 is 26.7. The van der Waals surface area contributed by atoms with E-state index in [-0.39, 0.29) is 24.7 Å². The van der Waals surface area contributed by atoms with E-state index in [1.807, 2.05) is 12.3 Å². The molecule has 4 aromatic rings. The van der Waals surface area contributed by atoms with Crippen LogP contribution < -0.4 is 19.5 Å². The van der Waals surface area contributed by atoms with Gasteiger partial charge in [-0.3, -0.25) is 9.69 Å². The molecule has 4 heterocycles. The van der Waals surface area contributed by atoms with E-state index in [9.17, 15) is 4.79 Å². The van der Waals surface area contributed by atoms with Crippen LogP contribution in [0, 0.1) is 0 Å². The van der Waals surface area contributed by atoms with Crippen LogP contribution in [-0.2, 0) is 31.0 Å². The number of methoxy groups -OCH3 is 2. The van der Waals surface area contributed by atoms with Gasteiger partial charge in [0.1, 0.15) is 30.7 Å². The highest BCUT2D eigenvalue weighted by Crippen LogP contribution is 2.29. The number of carbonyl (C=O) groups excluding carboxylic acids is 1. The van der Waals surface area contributed by atoms with Crippen molar-refractivity contribution in [2.45, 2.75) is 38.4 Å². The average Bonchev–Trinajstić information content (AvgIpc) is 3.74. The number of rotatable bonds is 6. The molecular weight excluding hydrogens is 528 g/mol. The zero-order valence-corrected chi connectivity index (χ0v) is 23.0. The number of fused-ring (bicyclic) bond motifs is 5. The SMILES string of the molecule is COc1ccc(CN2C[C@@H]3NC(=O)c4ccc(OC)c(c4)OCCn4cc(nn4)CO[C@H]3C2)cc1Cn1cncn1. The Morgan fingerprint density at radius 1 is 1.07 bits per heavy atom. The summed E-state index contributed by atoms with van der Waals surface area (Å²) in [7, 11) is 3.23. The number of hydrogen-bond acceptors (Lipinski definition) is 10. The molecular formula is C28H32N8O5. The summed E-state index contributed by atoms with van der Waals surface area (Å²) in [6.07, 6.45) is 4.81. The molecule has 0 saturated carbocycles. The largest absolute Gasteiger partial charge is 0.496 e. The van der Waals surface area contributed by atoms with Crippen molar-refractivity contribution >= 4 is 5.91 Å². The van der Waals surface area contributed by atoms with E-state index in [1.54, 1.807) is 48.1 Å². The maximum Gasteiger partial charge on any atom is 0.251 e. The zero-order chi connectivity index (χ0) is 28.2. The van der Waals surface area contributed by atoms with Crippen LogP contribution in [-0.4, -0.2) is 86.6 Å². The number of ether oxygens (including phenoxy) is 4. The van der Waals surface area contributed by atoms with Gasteiger partial charge in [0, 0.05) is 30.8 Å². The van der Waals surface area contributed by atoms with Crippen molar-refractivity contribution in [1.29, 1.82) is 0 Å². The lowest BCUT2D eigenvalue weighted by Crippen LogP contribution is -2.44. The lowest BCUT2D eigenvalue weighted by Gasteiger charge is -2.20. The number of carbonyl (C=O) groups is 1. The van der Waals surface area contributed by atoms with Gasteiger partial charge in [-0.15, -0.1) is 5.10 Å². The minimum absolute atomic E-state index is 0.198. The fourth-order valence-corrected chi connectivity index (χ4v) is 5.23. The fourth-order valence-electron chi connectivity index (χ4n) is 5.23. The summed E-state index contributed by atoms with van der Waals surface area (Å²) >= 11 is 0. The number of nitrogens with one attached hydrogen (secondary N) is 1. The van der Waals surface area contributed by atoms with Gasteiger partial charge in [0.25, 0.3) is 5.91 Å². The summed E-state index contributed by atoms with van der Waals surface area (Å²) in [4.78, 5) is 19.7. The van der Waals surface area contributed by atoms with E-state index in [0.717, 1.165) is 22.6 Å². The molecule has 6 rings (SSSR count). The number of hydrogen-bond donors (Lipinski definition) is 1. The number of amides is 1. The van der Waals surface area contributed by atoms with E-state index in [4.69, 9.17) is 18.9 Å². The standard InChI is InChI=1S/C28H32N8O5/c1-38-24-5-3-19(9-21(24)12-36-18-29-17-30-36)11-34-14-23-27(15-34)41-16-22-13-35(33-32-22)7-8-40-26-10-20(28(37)31-23)4-6-25(26)39-2/h3-6,9-10,13,17-18,23,27H,7-8,11-12,14-16H2,1-2H3,(H,31,37)/t23-,27-/m0/s1.